The fraction of sp³-hybridized carbons (Fsp3) is 0. The Kier molecular flexibility index (Phi) is 4.38. The molecule has 4 N–H and O–H groups in total. The number of carboxylic acid groups (broad SMARTS) is 2. The van der Waals surface area contributed by atoms with Crippen LogP contribution in [0, 0.1) is 0 Å². The first kappa shape index (κ1) is 15.0. The standard InChI is InChI=1S/C15H12N2O5/c18-13(9-1-5-12(6-2-9)17-15(21)22)16-11-7-3-10(4-8-11)14(19)20/h1-8,17H,(H,16,18)(H,19,20)(H,21,22). The number of rotatable bonds is 4. The normalized spacial score (nSPS) is 9.82. The molecule has 0 aromatic heterocycles. The second-order valence-electron chi connectivity index (χ2n) is 4.34. The van der Waals surface area contributed by atoms with E-state index in [-0.39, 0.29) is 11.5 Å². The van der Waals surface area contributed by atoms with Crippen molar-refractivity contribution in [2.24, 2.45) is 0 Å². The van der Waals surface area contributed by atoms with Crippen LogP contribution in [-0.2, 0) is 0 Å². The lowest BCUT2D eigenvalue weighted by atomic mass is 10.1. The van der Waals surface area contributed by atoms with Gasteiger partial charge in [0.25, 0.3) is 5.91 Å². The molecule has 0 aliphatic carbocycles. The predicted molar refractivity (Wildman–Crippen MR) is 79.4 cm³/mol. The highest BCUT2D eigenvalue weighted by Gasteiger charge is 2.08. The lowest BCUT2D eigenvalue weighted by molar-refractivity contribution is 0.0696. The maximum absolute atomic E-state index is 12.0. The lowest BCUT2D eigenvalue weighted by Crippen LogP contribution is -2.12. The molecule has 0 bridgehead atoms. The van der Waals surface area contributed by atoms with Crippen LogP contribution in [-0.4, -0.2) is 28.2 Å². The number of hydrogen-bond acceptors (Lipinski definition) is 3. The van der Waals surface area contributed by atoms with Crippen LogP contribution in [0.15, 0.2) is 48.5 Å². The van der Waals surface area contributed by atoms with E-state index < -0.39 is 12.1 Å². The molecule has 0 saturated carbocycles. The van der Waals surface area contributed by atoms with Crippen LogP contribution >= 0.6 is 0 Å². The van der Waals surface area contributed by atoms with E-state index in [1.165, 1.54) is 48.5 Å². The molecule has 0 radical (unpaired) electrons. The number of hydrogen-bond donors (Lipinski definition) is 4. The Hall–Kier alpha value is -3.35. The highest BCUT2D eigenvalue weighted by atomic mass is 16.4. The zero-order valence-electron chi connectivity index (χ0n) is 11.2. The lowest BCUT2D eigenvalue weighted by Gasteiger charge is -2.06. The minimum Gasteiger partial charge on any atom is -0.478 e. The van der Waals surface area contributed by atoms with Gasteiger partial charge in [-0.1, -0.05) is 0 Å². The molecule has 0 unspecified atom stereocenters. The molecular weight excluding hydrogens is 288 g/mol. The minimum atomic E-state index is -1.18. The number of nitrogens with one attached hydrogen (secondary N) is 2. The van der Waals surface area contributed by atoms with Crippen molar-refractivity contribution in [2.45, 2.75) is 0 Å². The quantitative estimate of drug-likeness (QED) is 0.693. The smallest absolute Gasteiger partial charge is 0.409 e. The zero-order chi connectivity index (χ0) is 16.1. The third-order valence-electron chi connectivity index (χ3n) is 2.79. The Morgan fingerprint density at radius 2 is 1.14 bits per heavy atom. The van der Waals surface area contributed by atoms with Crippen molar-refractivity contribution in [3.05, 3.63) is 59.7 Å². The predicted octanol–water partition coefficient (Wildman–Crippen LogP) is 2.73. The van der Waals surface area contributed by atoms with Gasteiger partial charge in [0, 0.05) is 16.9 Å². The minimum absolute atomic E-state index is 0.127. The van der Waals surface area contributed by atoms with Gasteiger partial charge >= 0.3 is 12.1 Å². The van der Waals surface area contributed by atoms with Crippen LogP contribution in [0.4, 0.5) is 16.2 Å². The summed E-state index contributed by atoms with van der Waals surface area (Å²) in [6.07, 6.45) is -1.18. The van der Waals surface area contributed by atoms with Gasteiger partial charge < -0.3 is 15.5 Å². The Labute approximate surface area is 125 Å². The first-order chi connectivity index (χ1) is 10.5. The van der Waals surface area contributed by atoms with Crippen molar-refractivity contribution in [3.63, 3.8) is 0 Å². The fourth-order valence-corrected chi connectivity index (χ4v) is 1.73. The van der Waals surface area contributed by atoms with Crippen molar-refractivity contribution in [2.75, 3.05) is 10.6 Å². The molecule has 2 rings (SSSR count). The SMILES string of the molecule is O=C(O)Nc1ccc(C(=O)Nc2ccc(C(=O)O)cc2)cc1. The van der Waals surface area contributed by atoms with Crippen LogP contribution in [0.2, 0.25) is 0 Å². The van der Waals surface area contributed by atoms with Gasteiger partial charge in [0.1, 0.15) is 0 Å². The second-order valence-corrected chi connectivity index (χ2v) is 4.34. The summed E-state index contributed by atoms with van der Waals surface area (Å²) in [5, 5.41) is 22.1. The van der Waals surface area contributed by atoms with Gasteiger partial charge in [-0.25, -0.2) is 9.59 Å². The highest BCUT2D eigenvalue weighted by Crippen LogP contribution is 2.13. The molecule has 0 aliphatic heterocycles. The van der Waals surface area contributed by atoms with Gasteiger partial charge in [0.05, 0.1) is 5.56 Å². The molecule has 0 atom stereocenters. The number of anilines is 2. The van der Waals surface area contributed by atoms with E-state index in [0.29, 0.717) is 16.9 Å². The summed E-state index contributed by atoms with van der Waals surface area (Å²) in [5.41, 5.74) is 1.29. The van der Waals surface area contributed by atoms with Crippen molar-refractivity contribution < 1.29 is 24.6 Å². The van der Waals surface area contributed by atoms with Crippen LogP contribution < -0.4 is 10.6 Å². The summed E-state index contributed by atoms with van der Waals surface area (Å²) in [4.78, 5) is 33.2. The van der Waals surface area contributed by atoms with E-state index in [1.807, 2.05) is 0 Å². The summed E-state index contributed by atoms with van der Waals surface area (Å²) >= 11 is 0. The number of aromatic carboxylic acids is 1. The van der Waals surface area contributed by atoms with E-state index in [0.717, 1.165) is 0 Å². The Bertz CT molecular complexity index is 708. The first-order valence-corrected chi connectivity index (χ1v) is 6.20. The number of carboxylic acids is 1. The van der Waals surface area contributed by atoms with Gasteiger partial charge in [-0.15, -0.1) is 0 Å². The van der Waals surface area contributed by atoms with Crippen LogP contribution in [0.25, 0.3) is 0 Å². The van der Waals surface area contributed by atoms with Crippen molar-refractivity contribution in [1.82, 2.24) is 0 Å². The number of benzene rings is 2. The van der Waals surface area contributed by atoms with Crippen LogP contribution in [0.5, 0.6) is 0 Å². The van der Waals surface area contributed by atoms with Gasteiger partial charge in [0.15, 0.2) is 0 Å². The van der Waals surface area contributed by atoms with Gasteiger partial charge in [0.2, 0.25) is 0 Å². The number of carbonyl (C=O) groups excluding carboxylic acids is 1. The number of carbonyl (C=O) groups is 3. The zero-order valence-corrected chi connectivity index (χ0v) is 11.2. The summed E-state index contributed by atoms with van der Waals surface area (Å²) < 4.78 is 0. The topological polar surface area (TPSA) is 116 Å². The first-order valence-electron chi connectivity index (χ1n) is 6.20. The monoisotopic (exact) mass is 300 g/mol. The Morgan fingerprint density at radius 1 is 0.682 bits per heavy atom. The summed E-state index contributed by atoms with van der Waals surface area (Å²) in [5.74, 6) is -1.43. The van der Waals surface area contributed by atoms with E-state index >= 15 is 0 Å². The molecule has 2 amide bonds. The third kappa shape index (κ3) is 3.83. The maximum Gasteiger partial charge on any atom is 0.409 e. The van der Waals surface area contributed by atoms with E-state index in [1.54, 1.807) is 0 Å². The third-order valence-corrected chi connectivity index (χ3v) is 2.79. The average molecular weight is 300 g/mol. The van der Waals surface area contributed by atoms with Gasteiger partial charge in [-0.2, -0.15) is 0 Å². The van der Waals surface area contributed by atoms with E-state index in [2.05, 4.69) is 10.6 Å². The summed E-state index contributed by atoms with van der Waals surface area (Å²) in [6, 6.07) is 11.6. The molecule has 112 valence electrons. The molecule has 0 heterocycles. The molecule has 2 aromatic carbocycles. The number of amides is 2. The van der Waals surface area contributed by atoms with Crippen molar-refractivity contribution in [3.8, 4) is 0 Å². The molecule has 22 heavy (non-hydrogen) atoms. The molecule has 0 spiro atoms. The second kappa shape index (κ2) is 6.40. The molecule has 0 fully saturated rings. The Balaban J connectivity index is 2.05. The van der Waals surface area contributed by atoms with Crippen LogP contribution in [0.1, 0.15) is 20.7 Å². The van der Waals surface area contributed by atoms with E-state index in [4.69, 9.17) is 10.2 Å². The maximum atomic E-state index is 12.0. The summed E-state index contributed by atoms with van der Waals surface area (Å²) in [7, 11) is 0. The largest absolute Gasteiger partial charge is 0.478 e. The van der Waals surface area contributed by atoms with Crippen molar-refractivity contribution in [1.29, 1.82) is 0 Å². The molecule has 0 aliphatic rings. The van der Waals surface area contributed by atoms with Crippen LogP contribution in [0.3, 0.4) is 0 Å². The molecule has 0 saturated heterocycles. The molecular formula is C15H12N2O5. The summed E-state index contributed by atoms with van der Waals surface area (Å²) in [6.45, 7) is 0. The Morgan fingerprint density at radius 3 is 1.59 bits per heavy atom. The van der Waals surface area contributed by atoms with E-state index in [9.17, 15) is 14.4 Å². The average Bonchev–Trinajstić information content (AvgIpc) is 2.48. The van der Waals surface area contributed by atoms with Gasteiger partial charge in [-0.3, -0.25) is 10.1 Å². The highest BCUT2D eigenvalue weighted by molar-refractivity contribution is 6.04. The fourth-order valence-electron chi connectivity index (χ4n) is 1.73. The molecule has 7 nitrogen and oxygen atoms in total. The molecule has 7 heteroatoms. The van der Waals surface area contributed by atoms with Gasteiger partial charge in [-0.05, 0) is 48.5 Å². The molecule has 2 aromatic rings. The van der Waals surface area contributed by atoms with Crippen molar-refractivity contribution >= 4 is 29.3 Å².